The van der Waals surface area contributed by atoms with Gasteiger partial charge in [-0.05, 0) is 47.0 Å². The lowest BCUT2D eigenvalue weighted by Gasteiger charge is -2.39. The molecule has 0 aliphatic carbocycles. The number of carbonyl (C=O) groups excluding carboxylic acids is 4. The second-order valence-electron chi connectivity index (χ2n) is 15.5. The summed E-state index contributed by atoms with van der Waals surface area (Å²) in [5, 5.41) is 11.2. The van der Waals surface area contributed by atoms with E-state index in [4.69, 9.17) is 14.2 Å². The van der Waals surface area contributed by atoms with E-state index in [2.05, 4.69) is 32.2 Å². The molecule has 7 rings (SSSR count). The number of carbonyl (C=O) groups is 4. The molecule has 292 valence electrons. The molecule has 1 N–H and O–H groups in total. The Kier molecular flexibility index (Phi) is 10.9. The Morgan fingerprint density at radius 1 is 0.946 bits per heavy atom. The van der Waals surface area contributed by atoms with Gasteiger partial charge in [0.15, 0.2) is 11.8 Å². The number of hydrogen-bond acceptors (Lipinski definition) is 8. The number of amides is 3. The summed E-state index contributed by atoms with van der Waals surface area (Å²) in [6, 6.07) is 32.9. The van der Waals surface area contributed by atoms with E-state index in [9.17, 15) is 19.5 Å². The number of nitrogens with zero attached hydrogens (tertiary/aromatic N) is 3. The first kappa shape index (κ1) is 39.0. The average molecular weight is 776 g/mol. The molecule has 3 aliphatic rings. The molecule has 56 heavy (non-hydrogen) atoms. The molecule has 0 saturated carbocycles. The van der Waals surface area contributed by atoms with Crippen molar-refractivity contribution in [3.05, 3.63) is 120 Å². The van der Waals surface area contributed by atoms with Crippen LogP contribution in [0.4, 0.5) is 11.4 Å². The maximum absolute atomic E-state index is 15.3. The Morgan fingerprint density at radius 3 is 2.32 bits per heavy atom. The summed E-state index contributed by atoms with van der Waals surface area (Å²) in [5.41, 5.74) is 2.28. The van der Waals surface area contributed by atoms with Gasteiger partial charge in [0.2, 0.25) is 11.8 Å². The van der Waals surface area contributed by atoms with Crippen molar-refractivity contribution < 1.29 is 38.5 Å². The Labute approximate surface area is 328 Å². The summed E-state index contributed by atoms with van der Waals surface area (Å²) in [4.78, 5) is 58.8. The SMILES string of the molecule is COc1ccc([Si](C)(C)[C@H]2[C@H](CC(=O)N(CCO)Cc3ccccc3)O[C@@]3(C(=O)N(Cc4cccc(N5C(=O)CC5OC(C)=O)c4)c4ccccc43)[C@@H]2C)cc1. The number of aliphatic hydroxyl groups is 1. The molecule has 0 bridgehead atoms. The van der Waals surface area contributed by atoms with Gasteiger partial charge in [-0.25, -0.2) is 0 Å². The lowest BCUT2D eigenvalue weighted by molar-refractivity contribution is -0.154. The minimum Gasteiger partial charge on any atom is -0.497 e. The van der Waals surface area contributed by atoms with Crippen LogP contribution < -0.4 is 19.7 Å². The van der Waals surface area contributed by atoms with Gasteiger partial charge in [0.05, 0.1) is 53.0 Å². The lowest BCUT2D eigenvalue weighted by Crippen LogP contribution is -2.54. The van der Waals surface area contributed by atoms with Gasteiger partial charge in [-0.15, -0.1) is 0 Å². The maximum atomic E-state index is 15.3. The van der Waals surface area contributed by atoms with E-state index in [0.717, 1.165) is 33.3 Å². The highest BCUT2D eigenvalue weighted by molar-refractivity contribution is 6.91. The van der Waals surface area contributed by atoms with Crippen molar-refractivity contribution in [2.75, 3.05) is 30.1 Å². The van der Waals surface area contributed by atoms with Crippen LogP contribution in [0.15, 0.2) is 103 Å². The number of anilines is 2. The van der Waals surface area contributed by atoms with Gasteiger partial charge in [-0.1, -0.05) is 98.0 Å². The fourth-order valence-corrected chi connectivity index (χ4v) is 13.1. The van der Waals surface area contributed by atoms with Gasteiger partial charge in [0.1, 0.15) is 5.75 Å². The van der Waals surface area contributed by atoms with Crippen LogP contribution in [0, 0.1) is 5.92 Å². The number of rotatable bonds is 13. The molecule has 1 spiro atoms. The van der Waals surface area contributed by atoms with Crippen LogP contribution in [0.2, 0.25) is 18.6 Å². The molecule has 3 heterocycles. The molecular formula is C44H49N3O8Si. The minimum absolute atomic E-state index is 0.0427. The number of ether oxygens (including phenoxy) is 3. The van der Waals surface area contributed by atoms with Crippen LogP contribution >= 0.6 is 0 Å². The van der Waals surface area contributed by atoms with Gasteiger partial charge in [-0.3, -0.25) is 24.1 Å². The number of methoxy groups -OCH3 is 1. The molecule has 3 amide bonds. The standard InChI is InChI=1S/C44H49N3O8Si/c1-29-42(56(4,5)35-20-18-34(53-3)19-21-35)38(25-39(50)45(22-23-48)27-31-12-7-6-8-13-31)55-44(29)36-16-9-10-17-37(36)46(43(44)52)28-32-14-11-15-33(24-32)47-40(51)26-41(47)54-30(2)49/h6-21,24,29,38,41-42,48H,22-23,25-28H2,1-5H3/t29-,38+,41?,42-,44+/m1/s1. The zero-order valence-electron chi connectivity index (χ0n) is 32.5. The number of β-lactam (4-membered cyclic amide) rings is 1. The number of fused-ring (bicyclic) bond motifs is 2. The summed E-state index contributed by atoms with van der Waals surface area (Å²) < 4.78 is 18.0. The van der Waals surface area contributed by atoms with Crippen molar-refractivity contribution in [2.24, 2.45) is 5.92 Å². The third-order valence-electron chi connectivity index (χ3n) is 11.8. The molecule has 3 aliphatic heterocycles. The largest absolute Gasteiger partial charge is 0.497 e. The lowest BCUT2D eigenvalue weighted by atomic mass is 9.82. The van der Waals surface area contributed by atoms with E-state index in [1.807, 2.05) is 84.9 Å². The normalized spacial score (nSPS) is 22.9. The molecule has 2 saturated heterocycles. The summed E-state index contributed by atoms with van der Waals surface area (Å²) >= 11 is 0. The Morgan fingerprint density at radius 2 is 1.64 bits per heavy atom. The molecule has 4 aromatic rings. The van der Waals surface area contributed by atoms with E-state index < -0.39 is 32.0 Å². The second-order valence-corrected chi connectivity index (χ2v) is 20.2. The predicted octanol–water partition coefficient (Wildman–Crippen LogP) is 5.50. The summed E-state index contributed by atoms with van der Waals surface area (Å²) in [6.07, 6.45) is -1.11. The van der Waals surface area contributed by atoms with E-state index in [1.54, 1.807) is 23.0 Å². The first-order valence-electron chi connectivity index (χ1n) is 19.1. The number of hydrogen-bond donors (Lipinski definition) is 1. The molecular weight excluding hydrogens is 727 g/mol. The van der Waals surface area contributed by atoms with Crippen molar-refractivity contribution in [3.8, 4) is 5.75 Å². The first-order valence-corrected chi connectivity index (χ1v) is 22.2. The van der Waals surface area contributed by atoms with Crippen LogP contribution in [-0.2, 0) is 47.3 Å². The zero-order valence-corrected chi connectivity index (χ0v) is 33.5. The summed E-state index contributed by atoms with van der Waals surface area (Å²) in [6.45, 7) is 8.50. The number of esters is 1. The Balaban J connectivity index is 1.25. The van der Waals surface area contributed by atoms with Gasteiger partial charge in [0.25, 0.3) is 5.91 Å². The molecule has 0 radical (unpaired) electrons. The fourth-order valence-electron chi connectivity index (χ4n) is 9.11. The highest BCUT2D eigenvalue weighted by Gasteiger charge is 2.66. The third-order valence-corrected chi connectivity index (χ3v) is 16.2. The van der Waals surface area contributed by atoms with Crippen LogP contribution in [0.25, 0.3) is 0 Å². The molecule has 11 nitrogen and oxygen atoms in total. The smallest absolute Gasteiger partial charge is 0.304 e. The molecule has 12 heteroatoms. The predicted molar refractivity (Wildman–Crippen MR) is 215 cm³/mol. The number of aliphatic hydroxyl groups excluding tert-OH is 1. The molecule has 5 atom stereocenters. The molecule has 2 fully saturated rings. The quantitative estimate of drug-likeness (QED) is 0.107. The monoisotopic (exact) mass is 775 g/mol. The van der Waals surface area contributed by atoms with Crippen molar-refractivity contribution >= 4 is 48.3 Å². The van der Waals surface area contributed by atoms with Crippen molar-refractivity contribution in [2.45, 2.75) is 76.3 Å². The van der Waals surface area contributed by atoms with Crippen LogP contribution in [-0.4, -0.2) is 74.4 Å². The van der Waals surface area contributed by atoms with Crippen molar-refractivity contribution in [1.82, 2.24) is 4.90 Å². The van der Waals surface area contributed by atoms with Gasteiger partial charge in [-0.2, -0.15) is 0 Å². The van der Waals surface area contributed by atoms with Crippen LogP contribution in [0.3, 0.4) is 0 Å². The van der Waals surface area contributed by atoms with Gasteiger partial charge >= 0.3 is 5.97 Å². The summed E-state index contributed by atoms with van der Waals surface area (Å²) in [7, 11) is -0.893. The fraction of sp³-hybridized carbons (Fsp3) is 0.364. The third kappa shape index (κ3) is 7.01. The molecule has 4 aromatic carbocycles. The summed E-state index contributed by atoms with van der Waals surface area (Å²) in [5.74, 6) is -0.546. The first-order chi connectivity index (χ1) is 26.9. The van der Waals surface area contributed by atoms with E-state index in [0.29, 0.717) is 12.2 Å². The van der Waals surface area contributed by atoms with E-state index >= 15 is 4.79 Å². The Bertz CT molecular complexity index is 2110. The van der Waals surface area contributed by atoms with E-state index in [-0.39, 0.29) is 61.7 Å². The Hall–Kier alpha value is -5.30. The van der Waals surface area contributed by atoms with Crippen molar-refractivity contribution in [3.63, 3.8) is 0 Å². The van der Waals surface area contributed by atoms with Crippen LogP contribution in [0.5, 0.6) is 5.75 Å². The van der Waals surface area contributed by atoms with Crippen molar-refractivity contribution in [1.29, 1.82) is 0 Å². The van der Waals surface area contributed by atoms with Gasteiger partial charge in [0, 0.05) is 37.2 Å². The number of para-hydroxylation sites is 1. The highest BCUT2D eigenvalue weighted by Crippen LogP contribution is 2.60. The van der Waals surface area contributed by atoms with Gasteiger partial charge < -0.3 is 29.1 Å². The average Bonchev–Trinajstić information content (AvgIpc) is 3.60. The maximum Gasteiger partial charge on any atom is 0.304 e. The van der Waals surface area contributed by atoms with E-state index in [1.165, 1.54) is 11.8 Å². The minimum atomic E-state index is -2.53. The second kappa shape index (κ2) is 15.7. The number of benzene rings is 4. The zero-order chi connectivity index (χ0) is 39.8. The van der Waals surface area contributed by atoms with Crippen LogP contribution in [0.1, 0.15) is 43.4 Å². The molecule has 0 aromatic heterocycles. The topological polar surface area (TPSA) is 126 Å². The highest BCUT2D eigenvalue weighted by atomic mass is 28.3. The molecule has 1 unspecified atom stereocenters.